The predicted molar refractivity (Wildman–Crippen MR) is 121 cm³/mol. The Morgan fingerprint density at radius 1 is 1.38 bits per heavy atom. The Bertz CT molecular complexity index is 1100. The molecule has 0 saturated carbocycles. The van der Waals surface area contributed by atoms with E-state index in [1.807, 2.05) is 0 Å². The van der Waals surface area contributed by atoms with Gasteiger partial charge in [0.2, 0.25) is 5.91 Å². The highest BCUT2D eigenvalue weighted by Gasteiger charge is 2.54. The lowest BCUT2D eigenvalue weighted by molar-refractivity contribution is -0.150. The summed E-state index contributed by atoms with van der Waals surface area (Å²) in [5, 5.41) is 19.2. The van der Waals surface area contributed by atoms with Crippen molar-refractivity contribution < 1.29 is 38.7 Å². The number of hydrogen-bond donors (Lipinski definition) is 3. The van der Waals surface area contributed by atoms with E-state index >= 15 is 0 Å². The first-order chi connectivity index (χ1) is 16.2. The number of carboxylic acids is 1. The number of amides is 3. The van der Waals surface area contributed by atoms with Gasteiger partial charge in [-0.1, -0.05) is 5.16 Å². The zero-order valence-corrected chi connectivity index (χ0v) is 20.1. The topological polar surface area (TPSA) is 177 Å². The number of esters is 1. The number of oxime groups is 1. The minimum absolute atomic E-state index is 0.0870. The van der Waals surface area contributed by atoms with E-state index < -0.39 is 41.1 Å². The Balaban J connectivity index is 1.75. The second-order valence-electron chi connectivity index (χ2n) is 6.74. The summed E-state index contributed by atoms with van der Waals surface area (Å²) in [5.41, 5.74) is -0.158. The number of nitrogens with one attached hydrogen (secondary N) is 2. The van der Waals surface area contributed by atoms with E-state index in [4.69, 9.17) is 21.2 Å². The van der Waals surface area contributed by atoms with E-state index in [-0.39, 0.29) is 46.0 Å². The van der Waals surface area contributed by atoms with E-state index in [0.717, 1.165) is 16.2 Å². The van der Waals surface area contributed by atoms with Gasteiger partial charge in [0.15, 0.2) is 10.8 Å². The van der Waals surface area contributed by atoms with Gasteiger partial charge in [-0.05, 0) is 0 Å². The molecular weight excluding hydrogens is 514 g/mol. The number of carbonyl (C=O) groups is 5. The zero-order chi connectivity index (χ0) is 25.0. The average Bonchev–Trinajstić information content (AvgIpc) is 3.26. The van der Waals surface area contributed by atoms with Crippen molar-refractivity contribution >= 4 is 75.2 Å². The van der Waals surface area contributed by atoms with Gasteiger partial charge in [0.1, 0.15) is 42.4 Å². The van der Waals surface area contributed by atoms with Gasteiger partial charge < -0.3 is 25.3 Å². The fourth-order valence-electron chi connectivity index (χ4n) is 3.08. The van der Waals surface area contributed by atoms with Gasteiger partial charge in [0.05, 0.1) is 0 Å². The third kappa shape index (κ3) is 5.31. The van der Waals surface area contributed by atoms with Crippen molar-refractivity contribution in [3.8, 4) is 0 Å². The summed E-state index contributed by atoms with van der Waals surface area (Å²) in [5.74, 6) is -3.93. The maximum Gasteiger partial charge on any atom is 0.352 e. The van der Waals surface area contributed by atoms with Crippen LogP contribution >= 0.6 is 34.7 Å². The fourth-order valence-corrected chi connectivity index (χ4v) is 5.19. The number of aliphatic carboxylic acids is 1. The third-order valence-electron chi connectivity index (χ3n) is 4.50. The summed E-state index contributed by atoms with van der Waals surface area (Å²) in [6, 6.07) is -1.03. The lowest BCUT2D eigenvalue weighted by Crippen LogP contribution is -2.71. The molecule has 3 heterocycles. The summed E-state index contributed by atoms with van der Waals surface area (Å²) in [6.45, 7) is 0.935. The number of carbonyl (C=O) groups excluding carboxylic acids is 4. The predicted octanol–water partition coefficient (Wildman–Crippen LogP) is -0.0274. The molecule has 2 aliphatic rings. The van der Waals surface area contributed by atoms with Crippen LogP contribution in [0, 0.1) is 0 Å². The van der Waals surface area contributed by atoms with Crippen LogP contribution in [0.5, 0.6) is 0 Å². The molecule has 1 aromatic heterocycles. The summed E-state index contributed by atoms with van der Waals surface area (Å²) >= 11 is 7.69. The normalized spacial score (nSPS) is 19.7. The standard InChI is InChI=1S/C18H18ClN5O8S2/c1-7(25)32-4-8-5-33-16-12(15(28)24(16)13(8)17(29)30)22-14(27)11(23-31-2)9-6-34-18(20-9)21-10(26)3-19/h6,12,16H,3-5H2,1-2H3,(H,22,27)(H,29,30)(H,20,21,26)/b23-11+. The molecule has 2 unspecified atom stereocenters. The smallest absolute Gasteiger partial charge is 0.352 e. The van der Waals surface area contributed by atoms with E-state index in [2.05, 4.69) is 20.8 Å². The van der Waals surface area contributed by atoms with Crippen LogP contribution < -0.4 is 10.6 Å². The third-order valence-corrected chi connectivity index (χ3v) is 6.84. The zero-order valence-electron chi connectivity index (χ0n) is 17.7. The lowest BCUT2D eigenvalue weighted by Gasteiger charge is -2.49. The highest BCUT2D eigenvalue weighted by molar-refractivity contribution is 8.00. The first kappa shape index (κ1) is 25.5. The summed E-state index contributed by atoms with van der Waals surface area (Å²) in [7, 11) is 1.22. The molecule has 3 amide bonds. The molecule has 0 radical (unpaired) electrons. The molecule has 3 N–H and O–H groups in total. The van der Waals surface area contributed by atoms with E-state index in [1.165, 1.54) is 31.2 Å². The highest BCUT2D eigenvalue weighted by Crippen LogP contribution is 2.40. The van der Waals surface area contributed by atoms with Crippen molar-refractivity contribution in [2.24, 2.45) is 5.16 Å². The van der Waals surface area contributed by atoms with E-state index in [1.54, 1.807) is 0 Å². The lowest BCUT2D eigenvalue weighted by atomic mass is 10.0. The molecule has 34 heavy (non-hydrogen) atoms. The maximum atomic E-state index is 12.9. The molecule has 0 aromatic carbocycles. The van der Waals surface area contributed by atoms with Gasteiger partial charge in [0, 0.05) is 23.6 Å². The average molecular weight is 532 g/mol. The number of carboxylic acid groups (broad SMARTS) is 1. The number of thioether (sulfide) groups is 1. The Morgan fingerprint density at radius 3 is 2.74 bits per heavy atom. The number of β-lactam (4-membered cyclic amide) rings is 1. The Morgan fingerprint density at radius 2 is 2.12 bits per heavy atom. The van der Waals surface area contributed by atoms with Crippen molar-refractivity contribution in [2.45, 2.75) is 18.3 Å². The van der Waals surface area contributed by atoms with Crippen LogP contribution in [0.3, 0.4) is 0 Å². The molecule has 16 heteroatoms. The second-order valence-corrected chi connectivity index (χ2v) is 8.97. The number of alkyl halides is 1. The monoisotopic (exact) mass is 531 g/mol. The van der Waals surface area contributed by atoms with Crippen LogP contribution in [0.4, 0.5) is 5.13 Å². The van der Waals surface area contributed by atoms with Crippen LogP contribution in [0.15, 0.2) is 21.8 Å². The molecule has 2 atom stereocenters. The number of rotatable bonds is 9. The summed E-state index contributed by atoms with van der Waals surface area (Å²) < 4.78 is 4.89. The molecule has 0 spiro atoms. The maximum absolute atomic E-state index is 12.9. The van der Waals surface area contributed by atoms with Crippen molar-refractivity contribution in [3.63, 3.8) is 0 Å². The van der Waals surface area contributed by atoms with Crippen LogP contribution in [-0.4, -0.2) is 87.1 Å². The van der Waals surface area contributed by atoms with Crippen LogP contribution in [0.25, 0.3) is 0 Å². The number of hydrogen-bond acceptors (Lipinski definition) is 11. The SMILES string of the molecule is CO/N=C(/C(=O)NC1C(=O)N2C(C(=O)O)=C(COC(C)=O)CSC12)c1csc(NC(=O)CCl)n1. The summed E-state index contributed by atoms with van der Waals surface area (Å²) in [6.07, 6.45) is 0. The molecule has 0 aliphatic carbocycles. The van der Waals surface area contributed by atoms with Crippen LogP contribution in [0.1, 0.15) is 12.6 Å². The molecule has 1 saturated heterocycles. The van der Waals surface area contributed by atoms with Gasteiger partial charge in [-0.3, -0.25) is 24.1 Å². The van der Waals surface area contributed by atoms with Gasteiger partial charge in [-0.2, -0.15) is 0 Å². The molecule has 0 bridgehead atoms. The minimum atomic E-state index is -1.35. The summed E-state index contributed by atoms with van der Waals surface area (Å²) in [4.78, 5) is 69.8. The second kappa shape index (κ2) is 10.8. The molecule has 3 rings (SSSR count). The van der Waals surface area contributed by atoms with Crippen LogP contribution in [-0.2, 0) is 33.5 Å². The van der Waals surface area contributed by atoms with Crippen molar-refractivity contribution in [2.75, 3.05) is 30.7 Å². The van der Waals surface area contributed by atoms with E-state index in [0.29, 0.717) is 0 Å². The van der Waals surface area contributed by atoms with Crippen molar-refractivity contribution in [3.05, 3.63) is 22.3 Å². The number of thiazole rings is 1. The van der Waals surface area contributed by atoms with Crippen molar-refractivity contribution in [1.82, 2.24) is 15.2 Å². The number of anilines is 1. The van der Waals surface area contributed by atoms with Gasteiger partial charge >= 0.3 is 11.9 Å². The molecular formula is C18H18ClN5O8S2. The van der Waals surface area contributed by atoms with Gasteiger partial charge in [0.25, 0.3) is 11.8 Å². The Hall–Kier alpha value is -3.17. The Labute approximate surface area is 205 Å². The van der Waals surface area contributed by atoms with Gasteiger partial charge in [-0.15, -0.1) is 34.7 Å². The highest BCUT2D eigenvalue weighted by atomic mass is 35.5. The Kier molecular flexibility index (Phi) is 8.11. The molecule has 2 aliphatic heterocycles. The van der Waals surface area contributed by atoms with Crippen LogP contribution in [0.2, 0.25) is 0 Å². The number of ether oxygens (including phenoxy) is 1. The van der Waals surface area contributed by atoms with Crippen molar-refractivity contribution in [1.29, 1.82) is 0 Å². The number of halogens is 1. The molecule has 182 valence electrons. The number of nitrogens with zero attached hydrogens (tertiary/aromatic N) is 3. The first-order valence-electron chi connectivity index (χ1n) is 9.45. The molecule has 1 fully saturated rings. The first-order valence-corrected chi connectivity index (χ1v) is 11.9. The van der Waals surface area contributed by atoms with Gasteiger partial charge in [-0.25, -0.2) is 9.78 Å². The van der Waals surface area contributed by atoms with E-state index in [9.17, 15) is 29.1 Å². The molecule has 1 aromatic rings. The fraction of sp³-hybridized carbons (Fsp3) is 0.389. The largest absolute Gasteiger partial charge is 0.477 e. The number of fused-ring (bicyclic) bond motifs is 1. The minimum Gasteiger partial charge on any atom is -0.477 e. The number of aromatic nitrogens is 1. The quantitative estimate of drug-likeness (QED) is 0.129. The molecule has 13 nitrogen and oxygen atoms in total.